The number of carboxylic acids is 1. The Morgan fingerprint density at radius 3 is 3.05 bits per heavy atom. The lowest BCUT2D eigenvalue weighted by molar-refractivity contribution is -0.143. The van der Waals surface area contributed by atoms with Crippen LogP contribution in [0.1, 0.15) is 31.2 Å². The van der Waals surface area contributed by atoms with Gasteiger partial charge < -0.3 is 9.84 Å². The van der Waals surface area contributed by atoms with E-state index in [4.69, 9.17) is 4.74 Å². The molecule has 2 unspecified atom stereocenters. The molecule has 1 fully saturated rings. The molecule has 21 heavy (non-hydrogen) atoms. The highest BCUT2D eigenvalue weighted by Crippen LogP contribution is 2.30. The fourth-order valence-corrected chi connectivity index (χ4v) is 3.32. The van der Waals surface area contributed by atoms with E-state index in [1.165, 1.54) is 12.1 Å². The number of carboxylic acid groups (broad SMARTS) is 1. The largest absolute Gasteiger partial charge is 0.488 e. The molecule has 0 amide bonds. The van der Waals surface area contributed by atoms with Crippen molar-refractivity contribution in [2.24, 2.45) is 0 Å². The van der Waals surface area contributed by atoms with E-state index >= 15 is 0 Å². The first-order valence-electron chi connectivity index (χ1n) is 7.55. The monoisotopic (exact) mass is 293 g/mol. The van der Waals surface area contributed by atoms with Gasteiger partial charge in [-0.3, -0.25) is 9.69 Å². The van der Waals surface area contributed by atoms with Gasteiger partial charge in [-0.05, 0) is 37.6 Å². The van der Waals surface area contributed by atoms with Gasteiger partial charge in [0.05, 0.1) is 0 Å². The molecule has 0 aliphatic carbocycles. The first kappa shape index (κ1) is 14.3. The van der Waals surface area contributed by atoms with Crippen molar-refractivity contribution in [1.82, 2.24) is 4.90 Å². The fraction of sp³-hybridized carbons (Fsp3) is 0.562. The molecule has 4 nitrogen and oxygen atoms in total. The first-order valence-corrected chi connectivity index (χ1v) is 7.55. The van der Waals surface area contributed by atoms with Gasteiger partial charge in [-0.25, -0.2) is 4.39 Å². The lowest BCUT2D eigenvalue weighted by Crippen LogP contribution is -2.45. The summed E-state index contributed by atoms with van der Waals surface area (Å²) in [6, 6.07) is 4.14. The normalized spacial score (nSPS) is 26.0. The molecule has 1 aromatic rings. The minimum absolute atomic E-state index is 0.0817. The van der Waals surface area contributed by atoms with Crippen molar-refractivity contribution in [2.75, 3.05) is 13.1 Å². The van der Waals surface area contributed by atoms with Crippen LogP contribution >= 0.6 is 0 Å². The second-order valence-corrected chi connectivity index (χ2v) is 5.89. The zero-order chi connectivity index (χ0) is 14.8. The summed E-state index contributed by atoms with van der Waals surface area (Å²) in [6.45, 7) is 1.38. The number of hydrogen-bond donors (Lipinski definition) is 1. The smallest absolute Gasteiger partial charge is 0.320 e. The molecular formula is C16H20FNO3. The van der Waals surface area contributed by atoms with Gasteiger partial charge in [0.1, 0.15) is 23.7 Å². The third-order valence-corrected chi connectivity index (χ3v) is 4.35. The van der Waals surface area contributed by atoms with Gasteiger partial charge in [0.15, 0.2) is 0 Å². The van der Waals surface area contributed by atoms with Gasteiger partial charge in [0.2, 0.25) is 0 Å². The molecule has 2 heterocycles. The summed E-state index contributed by atoms with van der Waals surface area (Å²) in [6.07, 6.45) is 4.33. The van der Waals surface area contributed by atoms with Crippen LogP contribution in [-0.4, -0.2) is 41.2 Å². The summed E-state index contributed by atoms with van der Waals surface area (Å²) in [4.78, 5) is 13.4. The Hall–Kier alpha value is -1.62. The minimum Gasteiger partial charge on any atom is -0.488 e. The number of likely N-dealkylation sites (tertiary alicyclic amines) is 1. The van der Waals surface area contributed by atoms with Crippen molar-refractivity contribution in [3.63, 3.8) is 0 Å². The van der Waals surface area contributed by atoms with Crippen LogP contribution in [0.4, 0.5) is 4.39 Å². The number of benzene rings is 1. The van der Waals surface area contributed by atoms with Crippen LogP contribution in [0.25, 0.3) is 0 Å². The summed E-state index contributed by atoms with van der Waals surface area (Å²) in [5, 5.41) is 9.39. The maximum absolute atomic E-state index is 13.2. The van der Waals surface area contributed by atoms with Crippen molar-refractivity contribution in [3.05, 3.63) is 29.6 Å². The van der Waals surface area contributed by atoms with Crippen LogP contribution < -0.4 is 4.74 Å². The maximum atomic E-state index is 13.2. The molecule has 1 saturated heterocycles. The summed E-state index contributed by atoms with van der Waals surface area (Å²) in [5.74, 6) is -0.280. The number of carbonyl (C=O) groups is 1. The maximum Gasteiger partial charge on any atom is 0.320 e. The third-order valence-electron chi connectivity index (χ3n) is 4.35. The Bertz CT molecular complexity index is 534. The van der Waals surface area contributed by atoms with Crippen LogP contribution in [0.3, 0.4) is 0 Å². The first-order chi connectivity index (χ1) is 10.1. The lowest BCUT2D eigenvalue weighted by Gasteiger charge is -2.28. The van der Waals surface area contributed by atoms with E-state index in [9.17, 15) is 14.3 Å². The molecule has 3 rings (SSSR count). The Kier molecular flexibility index (Phi) is 4.10. The molecule has 0 bridgehead atoms. The predicted octanol–water partition coefficient (Wildman–Crippen LogP) is 2.46. The highest BCUT2D eigenvalue weighted by molar-refractivity contribution is 5.73. The third kappa shape index (κ3) is 3.18. The standard InChI is InChI=1S/C16H20FNO3/c17-12-5-6-15-11(8-12)9-13(21-15)10-18-7-3-1-2-4-14(18)16(19)20/h5-6,8,13-14H,1-4,7,9-10H2,(H,19,20). The van der Waals surface area contributed by atoms with Crippen LogP contribution in [0, 0.1) is 5.82 Å². The number of rotatable bonds is 3. The van der Waals surface area contributed by atoms with Gasteiger partial charge in [-0.2, -0.15) is 0 Å². The van der Waals surface area contributed by atoms with Crippen LogP contribution in [0.5, 0.6) is 5.75 Å². The van der Waals surface area contributed by atoms with Crippen molar-refractivity contribution in [3.8, 4) is 5.75 Å². The number of hydrogen-bond acceptors (Lipinski definition) is 3. The molecule has 0 saturated carbocycles. The van der Waals surface area contributed by atoms with Gasteiger partial charge in [-0.15, -0.1) is 0 Å². The molecule has 5 heteroatoms. The average molecular weight is 293 g/mol. The second-order valence-electron chi connectivity index (χ2n) is 5.89. The van der Waals surface area contributed by atoms with Crippen LogP contribution in [-0.2, 0) is 11.2 Å². The summed E-state index contributed by atoms with van der Waals surface area (Å²) < 4.78 is 19.1. The molecule has 2 aliphatic heterocycles. The molecular weight excluding hydrogens is 273 g/mol. The average Bonchev–Trinajstić information content (AvgIpc) is 2.66. The zero-order valence-electron chi connectivity index (χ0n) is 11.9. The minimum atomic E-state index is -0.751. The number of fused-ring (bicyclic) bond motifs is 1. The molecule has 0 aromatic heterocycles. The zero-order valence-corrected chi connectivity index (χ0v) is 11.9. The summed E-state index contributed by atoms with van der Waals surface area (Å²) >= 11 is 0. The molecule has 2 atom stereocenters. The predicted molar refractivity (Wildman–Crippen MR) is 76.0 cm³/mol. The number of halogens is 1. The molecule has 2 aliphatic rings. The lowest BCUT2D eigenvalue weighted by atomic mass is 10.1. The van der Waals surface area contributed by atoms with Gasteiger partial charge in [0, 0.05) is 18.5 Å². The van der Waals surface area contributed by atoms with E-state index in [1.807, 2.05) is 4.90 Å². The Balaban J connectivity index is 1.67. The highest BCUT2D eigenvalue weighted by Gasteiger charge is 2.32. The molecule has 0 spiro atoms. The molecule has 1 N–H and O–H groups in total. The van der Waals surface area contributed by atoms with Crippen molar-refractivity contribution in [2.45, 2.75) is 44.2 Å². The Morgan fingerprint density at radius 2 is 2.24 bits per heavy atom. The molecule has 114 valence electrons. The second kappa shape index (κ2) is 6.02. The van der Waals surface area contributed by atoms with E-state index in [1.54, 1.807) is 6.07 Å². The van der Waals surface area contributed by atoms with Gasteiger partial charge in [0.25, 0.3) is 0 Å². The number of nitrogens with zero attached hydrogens (tertiary/aromatic N) is 1. The van der Waals surface area contributed by atoms with Crippen LogP contribution in [0.15, 0.2) is 18.2 Å². The van der Waals surface area contributed by atoms with Crippen molar-refractivity contribution < 1.29 is 19.0 Å². The van der Waals surface area contributed by atoms with E-state index in [0.29, 0.717) is 19.4 Å². The topological polar surface area (TPSA) is 49.8 Å². The van der Waals surface area contributed by atoms with E-state index in [2.05, 4.69) is 0 Å². The van der Waals surface area contributed by atoms with Gasteiger partial charge >= 0.3 is 5.97 Å². The van der Waals surface area contributed by atoms with E-state index in [0.717, 1.165) is 37.1 Å². The van der Waals surface area contributed by atoms with E-state index in [-0.39, 0.29) is 11.9 Å². The quantitative estimate of drug-likeness (QED) is 0.930. The summed E-state index contributed by atoms with van der Waals surface area (Å²) in [7, 11) is 0. The highest BCUT2D eigenvalue weighted by atomic mass is 19.1. The SMILES string of the molecule is O=C(O)C1CCCCCN1CC1Cc2cc(F)ccc2O1. The number of ether oxygens (including phenoxy) is 1. The van der Waals surface area contributed by atoms with Crippen LogP contribution in [0.2, 0.25) is 0 Å². The number of aliphatic carboxylic acids is 1. The molecule has 0 radical (unpaired) electrons. The Labute approximate surface area is 123 Å². The van der Waals surface area contributed by atoms with Gasteiger partial charge in [-0.1, -0.05) is 12.8 Å². The van der Waals surface area contributed by atoms with Crippen molar-refractivity contribution >= 4 is 5.97 Å². The fourth-order valence-electron chi connectivity index (χ4n) is 3.32. The van der Waals surface area contributed by atoms with Crippen molar-refractivity contribution in [1.29, 1.82) is 0 Å². The summed E-state index contributed by atoms with van der Waals surface area (Å²) in [5.41, 5.74) is 0.877. The van der Waals surface area contributed by atoms with E-state index < -0.39 is 12.0 Å². The Morgan fingerprint density at radius 1 is 1.38 bits per heavy atom. The molecule has 1 aromatic carbocycles.